The van der Waals surface area contributed by atoms with E-state index in [2.05, 4.69) is 25.5 Å². The number of thiophene rings is 1. The summed E-state index contributed by atoms with van der Waals surface area (Å²) >= 11 is 1.15. The Bertz CT molecular complexity index is 1140. The van der Waals surface area contributed by atoms with Gasteiger partial charge in [-0.3, -0.25) is 10.1 Å². The molecular weight excluding hydrogens is 448 g/mol. The monoisotopic (exact) mass is 470 g/mol. The van der Waals surface area contributed by atoms with Crippen LogP contribution in [0.4, 0.5) is 34.5 Å². The van der Waals surface area contributed by atoms with Crippen LogP contribution in [0.3, 0.4) is 0 Å². The maximum atomic E-state index is 11.9. The summed E-state index contributed by atoms with van der Waals surface area (Å²) in [5.41, 5.74) is 1.79. The number of anilines is 5. The number of benzene rings is 1. The Morgan fingerprint density at radius 3 is 2.64 bits per heavy atom. The molecule has 2 aromatic heterocycles. The zero-order valence-electron chi connectivity index (χ0n) is 17.7. The first-order valence-electron chi connectivity index (χ1n) is 10.2. The molecule has 33 heavy (non-hydrogen) atoms. The minimum Gasteiger partial charge on any atom is -0.465 e. The molecule has 1 fully saturated rings. The maximum absolute atomic E-state index is 11.9. The van der Waals surface area contributed by atoms with Gasteiger partial charge in [0.2, 0.25) is 11.8 Å². The molecule has 1 aliphatic heterocycles. The SMILES string of the molecule is COC(=O)c1sccc1Nc1nc(Nc2ccc(N3CCC(O)CC3)cc2)ncc1[N+](=O)[O-]. The Morgan fingerprint density at radius 2 is 1.97 bits per heavy atom. The van der Waals surface area contributed by atoms with Crippen LogP contribution in [0.5, 0.6) is 0 Å². The van der Waals surface area contributed by atoms with E-state index in [0.717, 1.165) is 49.2 Å². The smallest absolute Gasteiger partial charge is 0.350 e. The molecule has 4 rings (SSSR count). The van der Waals surface area contributed by atoms with Gasteiger partial charge >= 0.3 is 11.7 Å². The first-order chi connectivity index (χ1) is 15.9. The standard InChI is InChI=1S/C21H22N6O5S/c1-32-20(29)18-16(8-11-33-18)24-19-17(27(30)31)12-22-21(25-19)23-13-2-4-14(5-3-13)26-9-6-15(28)7-10-26/h2-5,8,11-12,15,28H,6-7,9-10H2,1H3,(H2,22,23,24,25). The van der Waals surface area contributed by atoms with Crippen molar-refractivity contribution in [3.05, 3.63) is 56.9 Å². The molecule has 0 bridgehead atoms. The third-order valence-corrected chi connectivity index (χ3v) is 6.10. The summed E-state index contributed by atoms with van der Waals surface area (Å²) in [7, 11) is 1.26. The quantitative estimate of drug-likeness (QED) is 0.266. The van der Waals surface area contributed by atoms with E-state index in [9.17, 15) is 20.0 Å². The number of aromatic nitrogens is 2. The lowest BCUT2D eigenvalue weighted by molar-refractivity contribution is -0.384. The average molecular weight is 471 g/mol. The third-order valence-electron chi connectivity index (χ3n) is 5.21. The minimum atomic E-state index is -0.597. The minimum absolute atomic E-state index is 0.0513. The van der Waals surface area contributed by atoms with Crippen LogP contribution < -0.4 is 15.5 Å². The molecule has 0 atom stereocenters. The second-order valence-electron chi connectivity index (χ2n) is 7.35. The third kappa shape index (κ3) is 5.18. The fraction of sp³-hybridized carbons (Fsp3) is 0.286. The van der Waals surface area contributed by atoms with Crippen LogP contribution in [-0.4, -0.2) is 52.3 Å². The summed E-state index contributed by atoms with van der Waals surface area (Å²) in [6, 6.07) is 9.27. The van der Waals surface area contributed by atoms with E-state index >= 15 is 0 Å². The number of hydrogen-bond donors (Lipinski definition) is 3. The number of aliphatic hydroxyl groups is 1. The van der Waals surface area contributed by atoms with Gasteiger partial charge < -0.3 is 25.4 Å². The highest BCUT2D eigenvalue weighted by atomic mass is 32.1. The number of piperidine rings is 1. The molecule has 0 spiro atoms. The zero-order valence-corrected chi connectivity index (χ0v) is 18.5. The first kappa shape index (κ1) is 22.4. The van der Waals surface area contributed by atoms with Crippen molar-refractivity contribution < 1.29 is 19.6 Å². The number of nitro groups is 1. The van der Waals surface area contributed by atoms with Crippen LogP contribution in [0.2, 0.25) is 0 Å². The summed E-state index contributed by atoms with van der Waals surface area (Å²) in [5.74, 6) is -0.442. The van der Waals surface area contributed by atoms with E-state index in [0.29, 0.717) is 11.4 Å². The number of nitrogens with one attached hydrogen (secondary N) is 2. The molecule has 0 amide bonds. The largest absolute Gasteiger partial charge is 0.465 e. The van der Waals surface area contributed by atoms with Crippen molar-refractivity contribution in [1.82, 2.24) is 9.97 Å². The van der Waals surface area contributed by atoms with Gasteiger partial charge in [0.1, 0.15) is 11.1 Å². The van der Waals surface area contributed by atoms with Crippen LogP contribution in [0.15, 0.2) is 41.9 Å². The summed E-state index contributed by atoms with van der Waals surface area (Å²) in [4.78, 5) is 33.6. The molecule has 3 aromatic rings. The topological polar surface area (TPSA) is 143 Å². The number of carbonyl (C=O) groups excluding carboxylic acids is 1. The number of aliphatic hydroxyl groups excluding tert-OH is 1. The number of nitrogens with zero attached hydrogens (tertiary/aromatic N) is 4. The second-order valence-corrected chi connectivity index (χ2v) is 8.27. The van der Waals surface area contributed by atoms with Crippen LogP contribution in [0, 0.1) is 10.1 Å². The number of rotatable bonds is 7. The van der Waals surface area contributed by atoms with Crippen molar-refractivity contribution in [1.29, 1.82) is 0 Å². The lowest BCUT2D eigenvalue weighted by Crippen LogP contribution is -2.35. The summed E-state index contributed by atoms with van der Waals surface area (Å²) in [6.07, 6.45) is 2.36. The van der Waals surface area contributed by atoms with E-state index in [1.54, 1.807) is 11.4 Å². The fourth-order valence-electron chi connectivity index (χ4n) is 3.46. The van der Waals surface area contributed by atoms with Gasteiger partial charge in [0.05, 0.1) is 23.8 Å². The molecule has 1 aliphatic rings. The Kier molecular flexibility index (Phi) is 6.66. The van der Waals surface area contributed by atoms with E-state index in [1.807, 2.05) is 24.3 Å². The van der Waals surface area contributed by atoms with Gasteiger partial charge in [-0.05, 0) is 48.6 Å². The van der Waals surface area contributed by atoms with Gasteiger partial charge in [-0.2, -0.15) is 4.98 Å². The van der Waals surface area contributed by atoms with E-state index in [1.165, 1.54) is 7.11 Å². The van der Waals surface area contributed by atoms with Gasteiger partial charge in [-0.25, -0.2) is 9.78 Å². The predicted molar refractivity (Wildman–Crippen MR) is 125 cm³/mol. The maximum Gasteiger partial charge on any atom is 0.350 e. The van der Waals surface area contributed by atoms with Crippen LogP contribution in [0.1, 0.15) is 22.5 Å². The Balaban J connectivity index is 1.52. The summed E-state index contributed by atoms with van der Waals surface area (Å²) in [5, 5.41) is 28.7. The number of hydrogen-bond acceptors (Lipinski definition) is 11. The van der Waals surface area contributed by atoms with E-state index in [4.69, 9.17) is 4.74 Å². The molecule has 1 saturated heterocycles. The predicted octanol–water partition coefficient (Wildman–Crippen LogP) is 3.68. The molecule has 0 radical (unpaired) electrons. The van der Waals surface area contributed by atoms with Crippen molar-refractivity contribution >= 4 is 51.8 Å². The zero-order chi connectivity index (χ0) is 23.4. The molecule has 11 nitrogen and oxygen atoms in total. The Labute approximate surface area is 193 Å². The molecule has 0 saturated carbocycles. The molecule has 1 aromatic carbocycles. The lowest BCUT2D eigenvalue weighted by Gasteiger charge is -2.31. The second kappa shape index (κ2) is 9.79. The van der Waals surface area contributed by atoms with Crippen molar-refractivity contribution in [2.45, 2.75) is 18.9 Å². The first-order valence-corrected chi connectivity index (χ1v) is 11.1. The average Bonchev–Trinajstić information content (AvgIpc) is 3.28. The van der Waals surface area contributed by atoms with Crippen LogP contribution in [0.25, 0.3) is 0 Å². The van der Waals surface area contributed by atoms with Crippen molar-refractivity contribution in [2.75, 3.05) is 35.7 Å². The van der Waals surface area contributed by atoms with Gasteiger partial charge in [-0.15, -0.1) is 11.3 Å². The van der Waals surface area contributed by atoms with Crippen molar-refractivity contribution in [3.63, 3.8) is 0 Å². The molecule has 3 N–H and O–H groups in total. The molecule has 12 heteroatoms. The highest BCUT2D eigenvalue weighted by Crippen LogP contribution is 2.31. The molecular formula is C21H22N6O5S. The number of ether oxygens (including phenoxy) is 1. The Hall–Kier alpha value is -3.77. The highest BCUT2D eigenvalue weighted by Gasteiger charge is 2.21. The molecule has 3 heterocycles. The molecule has 172 valence electrons. The van der Waals surface area contributed by atoms with Gasteiger partial charge in [0.15, 0.2) is 0 Å². The summed E-state index contributed by atoms with van der Waals surface area (Å²) in [6.45, 7) is 1.59. The van der Waals surface area contributed by atoms with E-state index < -0.39 is 10.9 Å². The summed E-state index contributed by atoms with van der Waals surface area (Å²) < 4.78 is 4.75. The van der Waals surface area contributed by atoms with Crippen molar-refractivity contribution in [3.8, 4) is 0 Å². The fourth-order valence-corrected chi connectivity index (χ4v) is 4.22. The number of esters is 1. The van der Waals surface area contributed by atoms with Crippen LogP contribution in [-0.2, 0) is 4.74 Å². The number of methoxy groups -OCH3 is 1. The van der Waals surface area contributed by atoms with Gasteiger partial charge in [-0.1, -0.05) is 0 Å². The molecule has 0 unspecified atom stereocenters. The molecule has 0 aliphatic carbocycles. The van der Waals surface area contributed by atoms with Crippen molar-refractivity contribution in [2.24, 2.45) is 0 Å². The van der Waals surface area contributed by atoms with Gasteiger partial charge in [0, 0.05) is 24.5 Å². The van der Waals surface area contributed by atoms with Gasteiger partial charge in [0.25, 0.3) is 0 Å². The highest BCUT2D eigenvalue weighted by molar-refractivity contribution is 7.12. The lowest BCUT2D eigenvalue weighted by atomic mass is 10.1. The Morgan fingerprint density at radius 1 is 1.24 bits per heavy atom. The normalized spacial score (nSPS) is 14.1. The number of carbonyl (C=O) groups is 1. The van der Waals surface area contributed by atoms with Crippen LogP contribution >= 0.6 is 11.3 Å². The van der Waals surface area contributed by atoms with E-state index in [-0.39, 0.29) is 28.4 Å².